The first-order valence-corrected chi connectivity index (χ1v) is 5.23. The molecule has 0 fully saturated rings. The van der Waals surface area contributed by atoms with E-state index in [0.29, 0.717) is 5.75 Å². The highest BCUT2D eigenvalue weighted by molar-refractivity contribution is 5.70. The first-order valence-electron chi connectivity index (χ1n) is 5.23. The number of methoxy groups -OCH3 is 1. The van der Waals surface area contributed by atoms with E-state index in [1.807, 2.05) is 25.1 Å². The number of rotatable bonds is 5. The second-order valence-electron chi connectivity index (χ2n) is 3.42. The minimum Gasteiger partial charge on any atom is -0.482 e. The van der Waals surface area contributed by atoms with Crippen molar-refractivity contribution in [2.45, 2.75) is 19.4 Å². The predicted octanol–water partition coefficient (Wildman–Crippen LogP) is 1.65. The molecule has 0 spiro atoms. The average molecular weight is 223 g/mol. The van der Waals surface area contributed by atoms with E-state index in [1.54, 1.807) is 6.07 Å². The molecule has 0 saturated heterocycles. The number of nitrogens with two attached hydrogens (primary N) is 1. The number of esters is 1. The first-order chi connectivity index (χ1) is 7.69. The zero-order valence-corrected chi connectivity index (χ0v) is 9.60. The van der Waals surface area contributed by atoms with E-state index in [1.165, 1.54) is 7.11 Å². The zero-order valence-electron chi connectivity index (χ0n) is 9.60. The van der Waals surface area contributed by atoms with Crippen molar-refractivity contribution >= 4 is 5.97 Å². The van der Waals surface area contributed by atoms with Crippen molar-refractivity contribution in [1.29, 1.82) is 0 Å². The molecule has 16 heavy (non-hydrogen) atoms. The molecule has 0 saturated carbocycles. The summed E-state index contributed by atoms with van der Waals surface area (Å²) in [6, 6.07) is 7.37. The van der Waals surface area contributed by atoms with Gasteiger partial charge in [-0.15, -0.1) is 0 Å². The second-order valence-corrected chi connectivity index (χ2v) is 3.42. The molecule has 1 rings (SSSR count). The molecule has 1 aromatic rings. The van der Waals surface area contributed by atoms with Crippen molar-refractivity contribution in [3.8, 4) is 5.75 Å². The van der Waals surface area contributed by atoms with E-state index < -0.39 is 5.97 Å². The lowest BCUT2D eigenvalue weighted by atomic mass is 10.0. The maximum atomic E-state index is 11.0. The van der Waals surface area contributed by atoms with Gasteiger partial charge in [-0.2, -0.15) is 0 Å². The lowest BCUT2D eigenvalue weighted by Crippen LogP contribution is -2.15. The Morgan fingerprint density at radius 2 is 2.12 bits per heavy atom. The summed E-state index contributed by atoms with van der Waals surface area (Å²) in [6.45, 7) is 1.91. The zero-order chi connectivity index (χ0) is 12.0. The van der Waals surface area contributed by atoms with Gasteiger partial charge in [-0.25, -0.2) is 4.79 Å². The van der Waals surface area contributed by atoms with Crippen LogP contribution in [-0.4, -0.2) is 19.7 Å². The number of benzene rings is 1. The molecule has 88 valence electrons. The Morgan fingerprint density at radius 1 is 1.44 bits per heavy atom. The predicted molar refractivity (Wildman–Crippen MR) is 61.2 cm³/mol. The molecular formula is C12H17NO3. The van der Waals surface area contributed by atoms with Crippen LogP contribution in [0.4, 0.5) is 0 Å². The lowest BCUT2D eigenvalue weighted by molar-refractivity contribution is -0.142. The fraction of sp³-hybridized carbons (Fsp3) is 0.417. The fourth-order valence-corrected chi connectivity index (χ4v) is 1.33. The van der Waals surface area contributed by atoms with Crippen molar-refractivity contribution < 1.29 is 14.3 Å². The van der Waals surface area contributed by atoms with E-state index in [9.17, 15) is 4.79 Å². The van der Waals surface area contributed by atoms with Gasteiger partial charge < -0.3 is 15.2 Å². The summed E-state index contributed by atoms with van der Waals surface area (Å²) in [5.41, 5.74) is 6.85. The van der Waals surface area contributed by atoms with E-state index in [2.05, 4.69) is 4.74 Å². The highest BCUT2D eigenvalue weighted by atomic mass is 16.6. The van der Waals surface area contributed by atoms with Crippen LogP contribution in [0.2, 0.25) is 0 Å². The smallest absolute Gasteiger partial charge is 0.343 e. The largest absolute Gasteiger partial charge is 0.482 e. The molecule has 0 aliphatic heterocycles. The SMILES string of the molecule is CC[C@@H](N)c1ccccc1OCC(=O)OC. The standard InChI is InChI=1S/C12H17NO3/c1-3-10(13)9-6-4-5-7-11(9)16-8-12(14)15-2/h4-7,10H,3,8,13H2,1-2H3/t10-/m1/s1. The minimum absolute atomic E-state index is 0.0751. The van der Waals surface area contributed by atoms with Crippen LogP contribution in [0, 0.1) is 0 Å². The van der Waals surface area contributed by atoms with Gasteiger partial charge >= 0.3 is 5.97 Å². The third-order valence-corrected chi connectivity index (χ3v) is 2.33. The van der Waals surface area contributed by atoms with Gasteiger partial charge in [0.2, 0.25) is 0 Å². The van der Waals surface area contributed by atoms with Gasteiger partial charge in [0.1, 0.15) is 5.75 Å². The fourth-order valence-electron chi connectivity index (χ4n) is 1.33. The highest BCUT2D eigenvalue weighted by Gasteiger charge is 2.11. The van der Waals surface area contributed by atoms with E-state index in [0.717, 1.165) is 12.0 Å². The van der Waals surface area contributed by atoms with Gasteiger partial charge in [-0.05, 0) is 12.5 Å². The first kappa shape index (κ1) is 12.5. The molecular weight excluding hydrogens is 206 g/mol. The van der Waals surface area contributed by atoms with E-state index in [4.69, 9.17) is 10.5 Å². The van der Waals surface area contributed by atoms with Crippen molar-refractivity contribution in [3.05, 3.63) is 29.8 Å². The van der Waals surface area contributed by atoms with Gasteiger partial charge in [0.05, 0.1) is 7.11 Å². The number of carbonyl (C=O) groups is 1. The van der Waals surface area contributed by atoms with Crippen LogP contribution in [0.1, 0.15) is 24.9 Å². The number of carbonyl (C=O) groups excluding carboxylic acids is 1. The highest BCUT2D eigenvalue weighted by Crippen LogP contribution is 2.25. The van der Waals surface area contributed by atoms with Crippen LogP contribution in [-0.2, 0) is 9.53 Å². The molecule has 0 heterocycles. The summed E-state index contributed by atoms with van der Waals surface area (Å²) < 4.78 is 9.86. The maximum absolute atomic E-state index is 11.0. The van der Waals surface area contributed by atoms with E-state index >= 15 is 0 Å². The van der Waals surface area contributed by atoms with Crippen LogP contribution in [0.25, 0.3) is 0 Å². The lowest BCUT2D eigenvalue weighted by Gasteiger charge is -2.14. The summed E-state index contributed by atoms with van der Waals surface area (Å²) in [4.78, 5) is 11.0. The van der Waals surface area contributed by atoms with Crippen LogP contribution in [0.5, 0.6) is 5.75 Å². The normalized spacial score (nSPS) is 11.9. The Labute approximate surface area is 95.3 Å². The second kappa shape index (κ2) is 6.12. The summed E-state index contributed by atoms with van der Waals surface area (Å²) >= 11 is 0. The molecule has 4 heteroatoms. The third kappa shape index (κ3) is 3.24. The topological polar surface area (TPSA) is 61.5 Å². The number of ether oxygens (including phenoxy) is 2. The molecule has 1 aromatic carbocycles. The van der Waals surface area contributed by atoms with Gasteiger partial charge in [-0.1, -0.05) is 25.1 Å². The van der Waals surface area contributed by atoms with Crippen LogP contribution in [0.15, 0.2) is 24.3 Å². The van der Waals surface area contributed by atoms with Gasteiger partial charge in [0, 0.05) is 11.6 Å². The molecule has 0 aliphatic rings. The maximum Gasteiger partial charge on any atom is 0.343 e. The van der Waals surface area contributed by atoms with Crippen molar-refractivity contribution in [2.75, 3.05) is 13.7 Å². The van der Waals surface area contributed by atoms with Crippen molar-refractivity contribution in [3.63, 3.8) is 0 Å². The molecule has 0 radical (unpaired) electrons. The number of para-hydroxylation sites is 1. The monoisotopic (exact) mass is 223 g/mol. The molecule has 0 aromatic heterocycles. The summed E-state index contributed by atoms with van der Waals surface area (Å²) in [5.74, 6) is 0.238. The van der Waals surface area contributed by atoms with Crippen molar-refractivity contribution in [2.24, 2.45) is 5.73 Å². The Kier molecular flexibility index (Phi) is 4.79. The minimum atomic E-state index is -0.403. The Hall–Kier alpha value is -1.55. The summed E-state index contributed by atoms with van der Waals surface area (Å²) in [7, 11) is 1.33. The average Bonchev–Trinajstić information content (AvgIpc) is 2.35. The van der Waals surface area contributed by atoms with Crippen molar-refractivity contribution in [1.82, 2.24) is 0 Å². The van der Waals surface area contributed by atoms with E-state index in [-0.39, 0.29) is 12.6 Å². The Morgan fingerprint density at radius 3 is 2.75 bits per heavy atom. The molecule has 0 aliphatic carbocycles. The summed E-state index contributed by atoms with van der Waals surface area (Å²) in [5, 5.41) is 0. The molecule has 0 unspecified atom stereocenters. The molecule has 2 N–H and O–H groups in total. The van der Waals surface area contributed by atoms with Gasteiger partial charge in [0.25, 0.3) is 0 Å². The Balaban J connectivity index is 2.75. The molecule has 1 atom stereocenters. The van der Waals surface area contributed by atoms with Crippen LogP contribution in [0.3, 0.4) is 0 Å². The number of hydrogen-bond donors (Lipinski definition) is 1. The van der Waals surface area contributed by atoms with Gasteiger partial charge in [-0.3, -0.25) is 0 Å². The van der Waals surface area contributed by atoms with Crippen LogP contribution >= 0.6 is 0 Å². The molecule has 0 bridgehead atoms. The molecule has 0 amide bonds. The summed E-state index contributed by atoms with van der Waals surface area (Å²) in [6.07, 6.45) is 0.818. The molecule has 4 nitrogen and oxygen atoms in total. The quantitative estimate of drug-likeness (QED) is 0.771. The Bertz CT molecular complexity index is 352. The van der Waals surface area contributed by atoms with Gasteiger partial charge in [0.15, 0.2) is 6.61 Å². The van der Waals surface area contributed by atoms with Crippen LogP contribution < -0.4 is 10.5 Å². The number of hydrogen-bond acceptors (Lipinski definition) is 4. The third-order valence-electron chi connectivity index (χ3n) is 2.33.